The summed E-state index contributed by atoms with van der Waals surface area (Å²) in [5.41, 5.74) is 0. The van der Waals surface area contributed by atoms with E-state index in [4.69, 9.17) is 4.74 Å². The predicted molar refractivity (Wildman–Crippen MR) is 76.1 cm³/mol. The molecule has 0 amide bonds. The molecule has 1 fully saturated rings. The maximum absolute atomic E-state index is 5.22. The summed E-state index contributed by atoms with van der Waals surface area (Å²) in [6.07, 6.45) is 6.78. The Hall–Kier alpha value is -0.840. The lowest BCUT2D eigenvalue weighted by molar-refractivity contribution is 0.337. The normalized spacial score (nSPS) is 23.8. The van der Waals surface area contributed by atoms with E-state index in [9.17, 15) is 0 Å². The van der Waals surface area contributed by atoms with Crippen molar-refractivity contribution in [3.8, 4) is 5.88 Å². The fourth-order valence-corrected chi connectivity index (χ4v) is 2.80. The second-order valence-corrected chi connectivity index (χ2v) is 5.91. The van der Waals surface area contributed by atoms with Gasteiger partial charge in [0.05, 0.1) is 17.8 Å². The molecule has 0 bridgehead atoms. The van der Waals surface area contributed by atoms with Gasteiger partial charge in [-0.1, -0.05) is 6.92 Å². The molecule has 100 valence electrons. The van der Waals surface area contributed by atoms with Crippen LogP contribution in [0.4, 0.5) is 5.95 Å². The molecule has 4 nitrogen and oxygen atoms in total. The lowest BCUT2D eigenvalue weighted by atomic mass is 9.87. The molecule has 1 heterocycles. The van der Waals surface area contributed by atoms with Crippen molar-refractivity contribution in [3.63, 3.8) is 0 Å². The molecule has 1 aliphatic rings. The molecular weight excluding hydrogens is 294 g/mol. The molecule has 0 atom stereocenters. The van der Waals surface area contributed by atoms with Gasteiger partial charge in [-0.05, 0) is 47.5 Å². The number of hydrogen-bond acceptors (Lipinski definition) is 4. The van der Waals surface area contributed by atoms with Crippen LogP contribution in [0.5, 0.6) is 5.88 Å². The van der Waals surface area contributed by atoms with Gasteiger partial charge in [-0.15, -0.1) is 0 Å². The van der Waals surface area contributed by atoms with E-state index in [-0.39, 0.29) is 0 Å². The van der Waals surface area contributed by atoms with E-state index in [1.54, 1.807) is 13.3 Å². The average Bonchev–Trinajstić information content (AvgIpc) is 2.39. The summed E-state index contributed by atoms with van der Waals surface area (Å²) in [5, 5.41) is 0. The molecular formula is C13H20BrN3O. The molecule has 1 aromatic rings. The van der Waals surface area contributed by atoms with Crippen molar-refractivity contribution in [2.45, 2.75) is 38.6 Å². The average molecular weight is 314 g/mol. The van der Waals surface area contributed by atoms with Gasteiger partial charge in [0.25, 0.3) is 0 Å². The molecule has 1 aliphatic carbocycles. The molecule has 0 radical (unpaired) electrons. The first-order valence-corrected chi connectivity index (χ1v) is 7.20. The quantitative estimate of drug-likeness (QED) is 0.858. The molecule has 0 aliphatic heterocycles. The topological polar surface area (TPSA) is 38.2 Å². The number of methoxy groups -OCH3 is 1. The first-order chi connectivity index (χ1) is 8.61. The summed E-state index contributed by atoms with van der Waals surface area (Å²) in [7, 11) is 3.70. The molecule has 1 aromatic heterocycles. The van der Waals surface area contributed by atoms with Gasteiger partial charge in [0.2, 0.25) is 11.8 Å². The summed E-state index contributed by atoms with van der Waals surface area (Å²) >= 11 is 3.38. The Morgan fingerprint density at radius 2 is 2.00 bits per heavy atom. The Kier molecular flexibility index (Phi) is 4.43. The number of hydrogen-bond donors (Lipinski definition) is 0. The van der Waals surface area contributed by atoms with Crippen LogP contribution in [-0.2, 0) is 0 Å². The van der Waals surface area contributed by atoms with Crippen LogP contribution >= 0.6 is 15.9 Å². The molecule has 2 rings (SSSR count). The van der Waals surface area contributed by atoms with E-state index in [2.05, 4.69) is 44.8 Å². The standard InChI is InChI=1S/C13H20BrN3O/c1-9-4-6-10(7-5-9)17(2)13-15-8-11(14)12(16-13)18-3/h8-10H,4-7H2,1-3H3. The summed E-state index contributed by atoms with van der Waals surface area (Å²) in [5.74, 6) is 2.20. The summed E-state index contributed by atoms with van der Waals surface area (Å²) in [4.78, 5) is 11.0. The smallest absolute Gasteiger partial charge is 0.232 e. The molecule has 0 spiro atoms. The summed E-state index contributed by atoms with van der Waals surface area (Å²) in [6.45, 7) is 2.33. The summed E-state index contributed by atoms with van der Waals surface area (Å²) < 4.78 is 6.01. The van der Waals surface area contributed by atoms with Gasteiger partial charge in [0.15, 0.2) is 0 Å². The molecule has 5 heteroatoms. The molecule has 0 saturated heterocycles. The minimum Gasteiger partial charge on any atom is -0.480 e. The van der Waals surface area contributed by atoms with Gasteiger partial charge < -0.3 is 9.64 Å². The first kappa shape index (κ1) is 13.6. The number of aromatic nitrogens is 2. The number of nitrogens with zero attached hydrogens (tertiary/aromatic N) is 3. The van der Waals surface area contributed by atoms with Gasteiger partial charge >= 0.3 is 0 Å². The third-order valence-electron chi connectivity index (χ3n) is 3.74. The zero-order chi connectivity index (χ0) is 13.1. The maximum Gasteiger partial charge on any atom is 0.232 e. The lowest BCUT2D eigenvalue weighted by Gasteiger charge is -2.33. The lowest BCUT2D eigenvalue weighted by Crippen LogP contribution is -2.35. The van der Waals surface area contributed by atoms with Crippen LogP contribution < -0.4 is 9.64 Å². The Morgan fingerprint density at radius 1 is 1.33 bits per heavy atom. The minimum absolute atomic E-state index is 0.548. The van der Waals surface area contributed by atoms with Gasteiger partial charge in [-0.25, -0.2) is 4.98 Å². The Bertz CT molecular complexity index is 405. The fourth-order valence-electron chi connectivity index (χ4n) is 2.45. The molecule has 0 aromatic carbocycles. The van der Waals surface area contributed by atoms with E-state index >= 15 is 0 Å². The van der Waals surface area contributed by atoms with E-state index in [1.165, 1.54) is 25.7 Å². The van der Waals surface area contributed by atoms with Crippen LogP contribution in [-0.4, -0.2) is 30.2 Å². The molecule has 0 N–H and O–H groups in total. The monoisotopic (exact) mass is 313 g/mol. The minimum atomic E-state index is 0.548. The van der Waals surface area contributed by atoms with Crippen LogP contribution in [0.15, 0.2) is 10.7 Å². The van der Waals surface area contributed by atoms with E-state index in [0.717, 1.165) is 16.3 Å². The number of ether oxygens (including phenoxy) is 1. The second-order valence-electron chi connectivity index (χ2n) is 5.05. The SMILES string of the molecule is COc1nc(N(C)C2CCC(C)CC2)ncc1Br. The zero-order valence-electron chi connectivity index (χ0n) is 11.2. The van der Waals surface area contributed by atoms with Crippen molar-refractivity contribution in [1.29, 1.82) is 0 Å². The van der Waals surface area contributed by atoms with Gasteiger partial charge in [-0.2, -0.15) is 4.98 Å². The van der Waals surface area contributed by atoms with Gasteiger partial charge in [0.1, 0.15) is 0 Å². The number of halogens is 1. The Morgan fingerprint density at radius 3 is 2.61 bits per heavy atom. The fraction of sp³-hybridized carbons (Fsp3) is 0.692. The van der Waals surface area contributed by atoms with Crippen molar-refractivity contribution in [2.75, 3.05) is 19.1 Å². The highest BCUT2D eigenvalue weighted by Gasteiger charge is 2.23. The highest BCUT2D eigenvalue weighted by atomic mass is 79.9. The van der Waals surface area contributed by atoms with Crippen molar-refractivity contribution in [2.24, 2.45) is 5.92 Å². The van der Waals surface area contributed by atoms with Crippen LogP contribution in [0.2, 0.25) is 0 Å². The Labute approximate surface area is 117 Å². The zero-order valence-corrected chi connectivity index (χ0v) is 12.8. The van der Waals surface area contributed by atoms with Crippen molar-refractivity contribution in [1.82, 2.24) is 9.97 Å². The molecule has 1 saturated carbocycles. The van der Waals surface area contributed by atoms with Crippen LogP contribution in [0, 0.1) is 5.92 Å². The first-order valence-electron chi connectivity index (χ1n) is 6.41. The van der Waals surface area contributed by atoms with Crippen molar-refractivity contribution < 1.29 is 4.74 Å². The second kappa shape index (κ2) is 5.87. The van der Waals surface area contributed by atoms with E-state index < -0.39 is 0 Å². The highest BCUT2D eigenvalue weighted by molar-refractivity contribution is 9.10. The number of rotatable bonds is 3. The maximum atomic E-state index is 5.22. The third-order valence-corrected chi connectivity index (χ3v) is 4.29. The largest absolute Gasteiger partial charge is 0.480 e. The van der Waals surface area contributed by atoms with Crippen LogP contribution in [0.25, 0.3) is 0 Å². The van der Waals surface area contributed by atoms with E-state index in [1.807, 2.05) is 0 Å². The van der Waals surface area contributed by atoms with Crippen LogP contribution in [0.1, 0.15) is 32.6 Å². The van der Waals surface area contributed by atoms with Crippen LogP contribution in [0.3, 0.4) is 0 Å². The van der Waals surface area contributed by atoms with E-state index in [0.29, 0.717) is 11.9 Å². The number of anilines is 1. The Balaban J connectivity index is 2.10. The molecule has 0 unspecified atom stereocenters. The van der Waals surface area contributed by atoms with Gasteiger partial charge in [-0.3, -0.25) is 0 Å². The van der Waals surface area contributed by atoms with Crippen molar-refractivity contribution >= 4 is 21.9 Å². The molecule has 18 heavy (non-hydrogen) atoms. The van der Waals surface area contributed by atoms with Gasteiger partial charge in [0, 0.05) is 13.1 Å². The van der Waals surface area contributed by atoms with Crippen molar-refractivity contribution in [3.05, 3.63) is 10.7 Å². The third kappa shape index (κ3) is 2.94. The highest BCUT2D eigenvalue weighted by Crippen LogP contribution is 2.29. The predicted octanol–water partition coefficient (Wildman–Crippen LogP) is 3.26. The summed E-state index contributed by atoms with van der Waals surface area (Å²) in [6, 6.07) is 0.548.